The van der Waals surface area contributed by atoms with Gasteiger partial charge in [0.1, 0.15) is 6.10 Å². The number of rotatable bonds is 3. The summed E-state index contributed by atoms with van der Waals surface area (Å²) in [5.41, 5.74) is 0. The highest BCUT2D eigenvalue weighted by Gasteiger charge is 1.95. The van der Waals surface area contributed by atoms with Gasteiger partial charge in [0.05, 0.1) is 6.07 Å². The summed E-state index contributed by atoms with van der Waals surface area (Å²) in [6.07, 6.45) is 2.07. The smallest absolute Gasteiger partial charge is 0.140 e. The molecule has 8 heavy (non-hydrogen) atoms. The second-order valence-electron chi connectivity index (χ2n) is 1.51. The SMILES string of the molecule is C=CCCC(O)C#N. The lowest BCUT2D eigenvalue weighted by molar-refractivity contribution is 0.221. The Morgan fingerprint density at radius 3 is 2.88 bits per heavy atom. The van der Waals surface area contributed by atoms with Crippen LogP contribution in [0.4, 0.5) is 0 Å². The Morgan fingerprint density at radius 1 is 1.88 bits per heavy atom. The zero-order valence-electron chi connectivity index (χ0n) is 4.67. The van der Waals surface area contributed by atoms with Crippen molar-refractivity contribution in [2.45, 2.75) is 18.9 Å². The van der Waals surface area contributed by atoms with Gasteiger partial charge in [0.15, 0.2) is 0 Å². The molecule has 1 atom stereocenters. The van der Waals surface area contributed by atoms with Gasteiger partial charge in [-0.15, -0.1) is 6.58 Å². The highest BCUT2D eigenvalue weighted by atomic mass is 16.3. The number of allylic oxidation sites excluding steroid dienone is 1. The van der Waals surface area contributed by atoms with Crippen LogP contribution in [0.2, 0.25) is 0 Å². The Morgan fingerprint density at radius 2 is 2.50 bits per heavy atom. The van der Waals surface area contributed by atoms with Crippen molar-refractivity contribution in [1.29, 1.82) is 5.26 Å². The lowest BCUT2D eigenvalue weighted by Crippen LogP contribution is -1.99. The molecule has 1 N–H and O–H groups in total. The average molecular weight is 111 g/mol. The van der Waals surface area contributed by atoms with E-state index in [2.05, 4.69) is 6.58 Å². The molecule has 0 amide bonds. The molecule has 0 aliphatic heterocycles. The van der Waals surface area contributed by atoms with Gasteiger partial charge in [-0.1, -0.05) is 6.08 Å². The molecule has 0 aliphatic rings. The molecular formula is C6H9NO. The van der Waals surface area contributed by atoms with E-state index in [1.807, 2.05) is 0 Å². The molecule has 44 valence electrons. The first-order chi connectivity index (χ1) is 3.81. The molecule has 0 bridgehead atoms. The minimum atomic E-state index is -0.812. The van der Waals surface area contributed by atoms with Gasteiger partial charge in [0.2, 0.25) is 0 Å². The van der Waals surface area contributed by atoms with Gasteiger partial charge in [-0.2, -0.15) is 5.26 Å². The monoisotopic (exact) mass is 111 g/mol. The second-order valence-corrected chi connectivity index (χ2v) is 1.51. The lowest BCUT2D eigenvalue weighted by atomic mass is 10.2. The third-order valence-corrected chi connectivity index (χ3v) is 0.793. The minimum Gasteiger partial charge on any atom is -0.378 e. The number of nitrogens with zero attached hydrogens (tertiary/aromatic N) is 1. The lowest BCUT2D eigenvalue weighted by Gasteiger charge is -1.93. The molecule has 2 nitrogen and oxygen atoms in total. The Kier molecular flexibility index (Phi) is 3.91. The van der Waals surface area contributed by atoms with Crippen LogP contribution in [-0.4, -0.2) is 11.2 Å². The average Bonchev–Trinajstić information content (AvgIpc) is 1.83. The van der Waals surface area contributed by atoms with Gasteiger partial charge < -0.3 is 5.11 Å². The van der Waals surface area contributed by atoms with Crippen LogP contribution < -0.4 is 0 Å². The highest BCUT2D eigenvalue weighted by molar-refractivity contribution is 4.83. The van der Waals surface area contributed by atoms with Crippen molar-refractivity contribution < 1.29 is 5.11 Å². The van der Waals surface area contributed by atoms with Crippen LogP contribution in [0, 0.1) is 11.3 Å². The van der Waals surface area contributed by atoms with Crippen molar-refractivity contribution in [1.82, 2.24) is 0 Å². The van der Waals surface area contributed by atoms with Gasteiger partial charge >= 0.3 is 0 Å². The summed E-state index contributed by atoms with van der Waals surface area (Å²) >= 11 is 0. The summed E-state index contributed by atoms with van der Waals surface area (Å²) in [7, 11) is 0. The van der Waals surface area contributed by atoms with Gasteiger partial charge in [-0.05, 0) is 12.8 Å². The van der Waals surface area contributed by atoms with Gasteiger partial charge in [0.25, 0.3) is 0 Å². The largest absolute Gasteiger partial charge is 0.378 e. The van der Waals surface area contributed by atoms with E-state index in [0.29, 0.717) is 12.8 Å². The molecule has 0 spiro atoms. The van der Waals surface area contributed by atoms with E-state index in [-0.39, 0.29) is 0 Å². The van der Waals surface area contributed by atoms with Crippen molar-refractivity contribution in [2.24, 2.45) is 0 Å². The van der Waals surface area contributed by atoms with Crippen molar-refractivity contribution in [2.75, 3.05) is 0 Å². The fourth-order valence-corrected chi connectivity index (χ4v) is 0.340. The van der Waals surface area contributed by atoms with E-state index in [0.717, 1.165) is 0 Å². The molecule has 0 rings (SSSR count). The predicted octanol–water partition coefficient (Wildman–Crippen LogP) is 0.837. The Bertz CT molecular complexity index is 104. The molecule has 0 aliphatic carbocycles. The second kappa shape index (κ2) is 4.35. The van der Waals surface area contributed by atoms with Crippen LogP contribution in [0.1, 0.15) is 12.8 Å². The molecule has 0 aromatic heterocycles. The van der Waals surface area contributed by atoms with Crippen LogP contribution in [0.15, 0.2) is 12.7 Å². The van der Waals surface area contributed by atoms with Crippen LogP contribution >= 0.6 is 0 Å². The van der Waals surface area contributed by atoms with E-state index in [1.54, 1.807) is 12.1 Å². The van der Waals surface area contributed by atoms with Gasteiger partial charge in [0, 0.05) is 0 Å². The van der Waals surface area contributed by atoms with Crippen LogP contribution in [0.25, 0.3) is 0 Å². The topological polar surface area (TPSA) is 44.0 Å². The number of hydrogen-bond donors (Lipinski definition) is 1. The Balaban J connectivity index is 3.14. The molecule has 0 heterocycles. The molecule has 0 aromatic rings. The fraction of sp³-hybridized carbons (Fsp3) is 0.500. The van der Waals surface area contributed by atoms with E-state index >= 15 is 0 Å². The first kappa shape index (κ1) is 7.19. The van der Waals surface area contributed by atoms with Crippen molar-refractivity contribution in [3.63, 3.8) is 0 Å². The summed E-state index contributed by atoms with van der Waals surface area (Å²) in [5, 5.41) is 16.6. The quantitative estimate of drug-likeness (QED) is 0.433. The third kappa shape index (κ3) is 3.38. The first-order valence-electron chi connectivity index (χ1n) is 2.50. The zero-order valence-corrected chi connectivity index (χ0v) is 4.67. The standard InChI is InChI=1S/C6H9NO/c1-2-3-4-6(8)5-7/h2,6,8H,1,3-4H2. The van der Waals surface area contributed by atoms with E-state index in [1.165, 1.54) is 0 Å². The van der Waals surface area contributed by atoms with Crippen LogP contribution in [0.3, 0.4) is 0 Å². The molecule has 2 heteroatoms. The molecule has 0 radical (unpaired) electrons. The summed E-state index contributed by atoms with van der Waals surface area (Å²) in [6, 6.07) is 1.71. The van der Waals surface area contributed by atoms with Gasteiger partial charge in [-0.25, -0.2) is 0 Å². The molecule has 0 saturated carbocycles. The minimum absolute atomic E-state index is 0.500. The maximum Gasteiger partial charge on any atom is 0.140 e. The molecule has 0 fully saturated rings. The Labute approximate surface area is 49.1 Å². The van der Waals surface area contributed by atoms with Crippen LogP contribution in [-0.2, 0) is 0 Å². The van der Waals surface area contributed by atoms with E-state index in [4.69, 9.17) is 10.4 Å². The predicted molar refractivity (Wildman–Crippen MR) is 31.1 cm³/mol. The number of aliphatic hydroxyl groups excluding tert-OH is 1. The van der Waals surface area contributed by atoms with E-state index in [9.17, 15) is 0 Å². The van der Waals surface area contributed by atoms with Gasteiger partial charge in [-0.3, -0.25) is 0 Å². The number of hydrogen-bond acceptors (Lipinski definition) is 2. The first-order valence-corrected chi connectivity index (χ1v) is 2.50. The summed E-state index contributed by atoms with van der Waals surface area (Å²) in [5.74, 6) is 0. The molecule has 1 unspecified atom stereocenters. The highest BCUT2D eigenvalue weighted by Crippen LogP contribution is 1.94. The molecule has 0 saturated heterocycles. The molecule has 0 aromatic carbocycles. The normalized spacial score (nSPS) is 12.0. The van der Waals surface area contributed by atoms with Crippen molar-refractivity contribution >= 4 is 0 Å². The molecular weight excluding hydrogens is 102 g/mol. The zero-order chi connectivity index (χ0) is 6.41. The fourth-order valence-electron chi connectivity index (χ4n) is 0.340. The summed E-state index contributed by atoms with van der Waals surface area (Å²) in [4.78, 5) is 0. The van der Waals surface area contributed by atoms with Crippen molar-refractivity contribution in [3.05, 3.63) is 12.7 Å². The maximum absolute atomic E-state index is 8.58. The maximum atomic E-state index is 8.58. The number of aliphatic hydroxyl groups is 1. The van der Waals surface area contributed by atoms with Crippen molar-refractivity contribution in [3.8, 4) is 6.07 Å². The summed E-state index contributed by atoms with van der Waals surface area (Å²) in [6.45, 7) is 3.45. The summed E-state index contributed by atoms with van der Waals surface area (Å²) < 4.78 is 0. The third-order valence-electron chi connectivity index (χ3n) is 0.793. The van der Waals surface area contributed by atoms with E-state index < -0.39 is 6.10 Å². The Hall–Kier alpha value is -0.810. The number of nitriles is 1. The van der Waals surface area contributed by atoms with Crippen LogP contribution in [0.5, 0.6) is 0 Å².